The lowest BCUT2D eigenvalue weighted by molar-refractivity contribution is 0.230. The summed E-state index contributed by atoms with van der Waals surface area (Å²) in [4.78, 5) is 4.27. The van der Waals surface area contributed by atoms with E-state index < -0.39 is 0 Å². The number of rotatable bonds is 6. The summed E-state index contributed by atoms with van der Waals surface area (Å²) in [6, 6.07) is 0.886. The molecule has 0 radical (unpaired) electrons. The van der Waals surface area contributed by atoms with E-state index in [-0.39, 0.29) is 12.6 Å². The third-order valence-electron chi connectivity index (χ3n) is 3.33. The van der Waals surface area contributed by atoms with Crippen molar-refractivity contribution in [3.05, 3.63) is 17.7 Å². The lowest BCUT2D eigenvalue weighted by atomic mass is 10.2. The van der Waals surface area contributed by atoms with Crippen molar-refractivity contribution >= 4 is 0 Å². The highest BCUT2D eigenvalue weighted by molar-refractivity contribution is 5.08. The van der Waals surface area contributed by atoms with Gasteiger partial charge in [0.1, 0.15) is 0 Å². The predicted molar refractivity (Wildman–Crippen MR) is 63.3 cm³/mol. The average Bonchev–Trinajstić information content (AvgIpc) is 3.04. The molecule has 2 N–H and O–H groups in total. The number of hydrogen-bond donors (Lipinski definition) is 2. The average molecular weight is 223 g/mol. The van der Waals surface area contributed by atoms with E-state index >= 15 is 0 Å². The van der Waals surface area contributed by atoms with Crippen molar-refractivity contribution in [3.63, 3.8) is 0 Å². The van der Waals surface area contributed by atoms with Gasteiger partial charge in [0.2, 0.25) is 0 Å². The molecule has 1 saturated carbocycles. The summed E-state index contributed by atoms with van der Waals surface area (Å²) in [5.41, 5.74) is 2.32. The summed E-state index contributed by atoms with van der Waals surface area (Å²) in [6.07, 6.45) is 5.37. The molecule has 0 spiro atoms. The third-order valence-corrected chi connectivity index (χ3v) is 3.33. The zero-order chi connectivity index (χ0) is 11.5. The van der Waals surface area contributed by atoms with E-state index in [2.05, 4.69) is 21.8 Å². The van der Waals surface area contributed by atoms with Crippen molar-refractivity contribution in [2.45, 2.75) is 51.7 Å². The smallest absolute Gasteiger partial charge is 0.0951 e. The first-order chi connectivity index (χ1) is 7.70. The van der Waals surface area contributed by atoms with E-state index in [0.717, 1.165) is 18.7 Å². The maximum absolute atomic E-state index is 9.27. The Labute approximate surface area is 96.7 Å². The second kappa shape index (κ2) is 4.97. The van der Waals surface area contributed by atoms with Crippen molar-refractivity contribution in [3.8, 4) is 0 Å². The summed E-state index contributed by atoms with van der Waals surface area (Å²) in [7, 11) is 0. The van der Waals surface area contributed by atoms with Gasteiger partial charge >= 0.3 is 0 Å². The van der Waals surface area contributed by atoms with E-state index in [1.807, 2.05) is 13.3 Å². The number of hydrogen-bond acceptors (Lipinski definition) is 3. The van der Waals surface area contributed by atoms with Crippen LogP contribution >= 0.6 is 0 Å². The number of aryl methyl sites for hydroxylation is 2. The Morgan fingerprint density at radius 3 is 2.81 bits per heavy atom. The van der Waals surface area contributed by atoms with Crippen LogP contribution in [0.3, 0.4) is 0 Å². The molecular weight excluding hydrogens is 202 g/mol. The molecule has 0 saturated heterocycles. The van der Waals surface area contributed by atoms with Gasteiger partial charge in [-0.2, -0.15) is 0 Å². The lowest BCUT2D eigenvalue weighted by Crippen LogP contribution is -2.35. The van der Waals surface area contributed by atoms with E-state index in [1.165, 1.54) is 18.5 Å². The number of imidazole rings is 1. The summed E-state index contributed by atoms with van der Waals surface area (Å²) in [5, 5.41) is 12.7. The minimum absolute atomic E-state index is 0.225. The standard InChI is InChI=1S/C12H21N3O/c1-9-10(2)15(8-13-9)6-5-12(7-16)14-11-3-4-11/h8,11-12,14,16H,3-7H2,1-2H3. The van der Waals surface area contributed by atoms with Crippen molar-refractivity contribution in [2.24, 2.45) is 0 Å². The van der Waals surface area contributed by atoms with Crippen molar-refractivity contribution in [2.75, 3.05) is 6.61 Å². The molecule has 0 amide bonds. The molecule has 2 rings (SSSR count). The SMILES string of the molecule is Cc1ncn(CCC(CO)NC2CC2)c1C. The van der Waals surface area contributed by atoms with Gasteiger partial charge in [-0.15, -0.1) is 0 Å². The molecule has 4 nitrogen and oxygen atoms in total. The van der Waals surface area contributed by atoms with E-state index in [1.54, 1.807) is 0 Å². The van der Waals surface area contributed by atoms with Crippen LogP contribution < -0.4 is 5.32 Å². The Balaban J connectivity index is 1.82. The Hall–Kier alpha value is -0.870. The molecule has 0 aliphatic heterocycles. The second-order valence-corrected chi connectivity index (χ2v) is 4.72. The normalized spacial score (nSPS) is 17.7. The van der Waals surface area contributed by atoms with Crippen molar-refractivity contribution < 1.29 is 5.11 Å². The molecule has 0 aromatic carbocycles. The number of aliphatic hydroxyl groups excluding tert-OH is 1. The van der Waals surface area contributed by atoms with Crippen LogP contribution in [0, 0.1) is 13.8 Å². The van der Waals surface area contributed by atoms with Gasteiger partial charge in [-0.25, -0.2) is 4.98 Å². The number of nitrogens with zero attached hydrogens (tertiary/aromatic N) is 2. The van der Waals surface area contributed by atoms with Crippen LogP contribution in [0.15, 0.2) is 6.33 Å². The first kappa shape index (κ1) is 11.6. The summed E-state index contributed by atoms with van der Waals surface area (Å²) >= 11 is 0. The molecule has 90 valence electrons. The molecule has 1 aliphatic carbocycles. The van der Waals surface area contributed by atoms with Crippen LogP contribution in [-0.2, 0) is 6.54 Å². The van der Waals surface area contributed by atoms with Crippen LogP contribution in [0.1, 0.15) is 30.7 Å². The van der Waals surface area contributed by atoms with Crippen molar-refractivity contribution in [1.82, 2.24) is 14.9 Å². The molecule has 1 aliphatic rings. The number of nitrogens with one attached hydrogen (secondary N) is 1. The summed E-state index contributed by atoms with van der Waals surface area (Å²) in [6.45, 7) is 5.27. The third kappa shape index (κ3) is 2.83. The molecule has 0 bridgehead atoms. The zero-order valence-corrected chi connectivity index (χ0v) is 10.1. The number of aliphatic hydroxyl groups is 1. The Morgan fingerprint density at radius 1 is 1.56 bits per heavy atom. The van der Waals surface area contributed by atoms with Gasteiger partial charge in [-0.3, -0.25) is 0 Å². The summed E-state index contributed by atoms with van der Waals surface area (Å²) in [5.74, 6) is 0. The van der Waals surface area contributed by atoms with Gasteiger partial charge in [-0.1, -0.05) is 0 Å². The number of aromatic nitrogens is 2. The highest BCUT2D eigenvalue weighted by Crippen LogP contribution is 2.20. The lowest BCUT2D eigenvalue weighted by Gasteiger charge is -2.16. The van der Waals surface area contributed by atoms with Gasteiger partial charge in [0, 0.05) is 24.3 Å². The maximum atomic E-state index is 9.27. The zero-order valence-electron chi connectivity index (χ0n) is 10.1. The molecule has 1 aromatic rings. The van der Waals surface area contributed by atoms with Crippen LogP contribution in [0.4, 0.5) is 0 Å². The monoisotopic (exact) mass is 223 g/mol. The largest absolute Gasteiger partial charge is 0.395 e. The second-order valence-electron chi connectivity index (χ2n) is 4.72. The molecule has 1 aromatic heterocycles. The Morgan fingerprint density at radius 2 is 2.31 bits per heavy atom. The van der Waals surface area contributed by atoms with Gasteiger partial charge in [0.15, 0.2) is 0 Å². The Bertz CT molecular complexity index is 344. The molecule has 16 heavy (non-hydrogen) atoms. The van der Waals surface area contributed by atoms with Crippen molar-refractivity contribution in [1.29, 1.82) is 0 Å². The predicted octanol–water partition coefficient (Wildman–Crippen LogP) is 1.00. The first-order valence-electron chi connectivity index (χ1n) is 6.06. The van der Waals surface area contributed by atoms with E-state index in [4.69, 9.17) is 0 Å². The van der Waals surface area contributed by atoms with Gasteiger partial charge in [0.25, 0.3) is 0 Å². The molecule has 1 atom stereocenters. The fraction of sp³-hybridized carbons (Fsp3) is 0.750. The first-order valence-corrected chi connectivity index (χ1v) is 6.06. The highest BCUT2D eigenvalue weighted by atomic mass is 16.3. The molecule has 1 heterocycles. The molecule has 1 unspecified atom stereocenters. The Kier molecular flexibility index (Phi) is 3.61. The fourth-order valence-electron chi connectivity index (χ4n) is 1.88. The van der Waals surface area contributed by atoms with Gasteiger partial charge in [-0.05, 0) is 33.1 Å². The molecule has 1 fully saturated rings. The van der Waals surface area contributed by atoms with Crippen LogP contribution in [0.25, 0.3) is 0 Å². The van der Waals surface area contributed by atoms with E-state index in [0.29, 0.717) is 6.04 Å². The van der Waals surface area contributed by atoms with Crippen LogP contribution in [0.5, 0.6) is 0 Å². The topological polar surface area (TPSA) is 50.1 Å². The minimum atomic E-state index is 0.225. The van der Waals surface area contributed by atoms with Crippen LogP contribution in [0.2, 0.25) is 0 Å². The fourth-order valence-corrected chi connectivity index (χ4v) is 1.88. The molecular formula is C12H21N3O. The summed E-state index contributed by atoms with van der Waals surface area (Å²) < 4.78 is 2.16. The quantitative estimate of drug-likeness (QED) is 0.756. The maximum Gasteiger partial charge on any atom is 0.0951 e. The molecule has 4 heteroatoms. The minimum Gasteiger partial charge on any atom is -0.395 e. The van der Waals surface area contributed by atoms with Crippen LogP contribution in [-0.4, -0.2) is 33.3 Å². The van der Waals surface area contributed by atoms with E-state index in [9.17, 15) is 5.11 Å². The highest BCUT2D eigenvalue weighted by Gasteiger charge is 2.24. The van der Waals surface area contributed by atoms with Gasteiger partial charge in [0.05, 0.1) is 18.6 Å². The van der Waals surface area contributed by atoms with Gasteiger partial charge < -0.3 is 15.0 Å².